The van der Waals surface area contributed by atoms with Crippen LogP contribution < -0.4 is 5.73 Å². The maximum Gasteiger partial charge on any atom is 0.0219 e. The average molecular weight is 210 g/mol. The molecule has 2 nitrogen and oxygen atoms in total. The van der Waals surface area contributed by atoms with Crippen molar-refractivity contribution in [3.63, 3.8) is 0 Å². The lowest BCUT2D eigenvalue weighted by atomic mass is 9.82. The van der Waals surface area contributed by atoms with Crippen molar-refractivity contribution in [2.45, 2.75) is 51.5 Å². The van der Waals surface area contributed by atoms with E-state index in [1.807, 2.05) is 0 Å². The van der Waals surface area contributed by atoms with Crippen molar-refractivity contribution in [3.05, 3.63) is 0 Å². The van der Waals surface area contributed by atoms with Gasteiger partial charge in [-0.25, -0.2) is 0 Å². The van der Waals surface area contributed by atoms with Gasteiger partial charge in [-0.2, -0.15) is 0 Å². The molecule has 1 saturated heterocycles. The van der Waals surface area contributed by atoms with Crippen LogP contribution in [0.3, 0.4) is 0 Å². The summed E-state index contributed by atoms with van der Waals surface area (Å²) in [5.74, 6) is 1.92. The largest absolute Gasteiger partial charge is 0.329 e. The lowest BCUT2D eigenvalue weighted by molar-refractivity contribution is 0.171. The number of rotatable bonds is 3. The van der Waals surface area contributed by atoms with E-state index in [1.54, 1.807) is 0 Å². The van der Waals surface area contributed by atoms with Gasteiger partial charge >= 0.3 is 0 Å². The molecule has 15 heavy (non-hydrogen) atoms. The van der Waals surface area contributed by atoms with Gasteiger partial charge in [-0.3, -0.25) is 4.90 Å². The lowest BCUT2D eigenvalue weighted by Gasteiger charge is -2.32. The van der Waals surface area contributed by atoms with Crippen LogP contribution in [0.2, 0.25) is 0 Å². The summed E-state index contributed by atoms with van der Waals surface area (Å²) in [7, 11) is 0. The molecule has 2 aliphatic rings. The molecule has 1 aliphatic carbocycles. The van der Waals surface area contributed by atoms with E-state index >= 15 is 0 Å². The number of likely N-dealkylation sites (tertiary alicyclic amines) is 1. The van der Waals surface area contributed by atoms with E-state index in [2.05, 4.69) is 11.8 Å². The predicted molar refractivity (Wildman–Crippen MR) is 64.8 cm³/mol. The van der Waals surface area contributed by atoms with Gasteiger partial charge in [0.05, 0.1) is 0 Å². The van der Waals surface area contributed by atoms with E-state index in [4.69, 9.17) is 5.73 Å². The van der Waals surface area contributed by atoms with Gasteiger partial charge < -0.3 is 5.73 Å². The standard InChI is InChI=1S/C13H26N2/c1-11-4-2-5-12(8-11)10-15-7-3-6-13(15)9-14/h11-13H,2-10,14H2,1H3. The van der Waals surface area contributed by atoms with Crippen LogP contribution in [0.1, 0.15) is 45.4 Å². The van der Waals surface area contributed by atoms with Crippen molar-refractivity contribution < 1.29 is 0 Å². The predicted octanol–water partition coefficient (Wildman–Crippen LogP) is 2.24. The maximum absolute atomic E-state index is 5.81. The molecule has 0 radical (unpaired) electrons. The van der Waals surface area contributed by atoms with E-state index in [9.17, 15) is 0 Å². The molecular formula is C13H26N2. The van der Waals surface area contributed by atoms with Crippen LogP contribution in [-0.2, 0) is 0 Å². The molecule has 0 spiro atoms. The third-order valence-corrected chi connectivity index (χ3v) is 4.31. The zero-order valence-corrected chi connectivity index (χ0v) is 10.1. The van der Waals surface area contributed by atoms with Gasteiger partial charge in [0, 0.05) is 19.1 Å². The van der Waals surface area contributed by atoms with Crippen molar-refractivity contribution in [3.8, 4) is 0 Å². The summed E-state index contributed by atoms with van der Waals surface area (Å²) in [6, 6.07) is 0.697. The monoisotopic (exact) mass is 210 g/mol. The van der Waals surface area contributed by atoms with Gasteiger partial charge in [-0.05, 0) is 44.1 Å². The fraction of sp³-hybridized carbons (Fsp3) is 1.00. The summed E-state index contributed by atoms with van der Waals surface area (Å²) < 4.78 is 0. The molecule has 0 aromatic carbocycles. The molecule has 2 heteroatoms. The van der Waals surface area contributed by atoms with Crippen LogP contribution >= 0.6 is 0 Å². The molecule has 0 aromatic rings. The van der Waals surface area contributed by atoms with Gasteiger partial charge in [0.1, 0.15) is 0 Å². The van der Waals surface area contributed by atoms with Crippen LogP contribution in [0.25, 0.3) is 0 Å². The summed E-state index contributed by atoms with van der Waals surface area (Å²) in [5, 5.41) is 0. The minimum atomic E-state index is 0.697. The lowest BCUT2D eigenvalue weighted by Crippen LogP contribution is -2.39. The molecule has 88 valence electrons. The molecule has 3 unspecified atom stereocenters. The molecule has 0 aromatic heterocycles. The minimum absolute atomic E-state index is 0.697. The van der Waals surface area contributed by atoms with Crippen molar-refractivity contribution >= 4 is 0 Å². The normalized spacial score (nSPS) is 38.4. The Bertz CT molecular complexity index is 193. The fourth-order valence-electron chi connectivity index (χ4n) is 3.46. The average Bonchev–Trinajstić information content (AvgIpc) is 2.65. The Balaban J connectivity index is 1.80. The SMILES string of the molecule is CC1CCCC(CN2CCCC2CN)C1. The highest BCUT2D eigenvalue weighted by Gasteiger charge is 2.27. The Hall–Kier alpha value is -0.0800. The number of hydrogen-bond acceptors (Lipinski definition) is 2. The highest BCUT2D eigenvalue weighted by Crippen LogP contribution is 2.30. The zero-order chi connectivity index (χ0) is 10.7. The first kappa shape index (κ1) is 11.4. The third kappa shape index (κ3) is 2.94. The molecular weight excluding hydrogens is 184 g/mol. The number of nitrogens with zero attached hydrogens (tertiary/aromatic N) is 1. The Morgan fingerprint density at radius 1 is 1.20 bits per heavy atom. The fourth-order valence-corrected chi connectivity index (χ4v) is 3.46. The van der Waals surface area contributed by atoms with Crippen molar-refractivity contribution in [2.75, 3.05) is 19.6 Å². The highest BCUT2D eigenvalue weighted by molar-refractivity contribution is 4.83. The van der Waals surface area contributed by atoms with Gasteiger partial charge in [0.15, 0.2) is 0 Å². The van der Waals surface area contributed by atoms with Crippen molar-refractivity contribution in [1.29, 1.82) is 0 Å². The first-order valence-corrected chi connectivity index (χ1v) is 6.73. The first-order chi connectivity index (χ1) is 7.29. The summed E-state index contributed by atoms with van der Waals surface area (Å²) >= 11 is 0. The summed E-state index contributed by atoms with van der Waals surface area (Å²) in [4.78, 5) is 2.66. The number of nitrogens with two attached hydrogens (primary N) is 1. The van der Waals surface area contributed by atoms with Crippen molar-refractivity contribution in [1.82, 2.24) is 4.90 Å². The summed E-state index contributed by atoms with van der Waals surface area (Å²) in [6.07, 6.45) is 8.51. The zero-order valence-electron chi connectivity index (χ0n) is 10.1. The van der Waals surface area contributed by atoms with E-state index in [0.29, 0.717) is 6.04 Å². The third-order valence-electron chi connectivity index (χ3n) is 4.31. The molecule has 1 saturated carbocycles. The van der Waals surface area contributed by atoms with Crippen molar-refractivity contribution in [2.24, 2.45) is 17.6 Å². The van der Waals surface area contributed by atoms with Gasteiger partial charge in [-0.15, -0.1) is 0 Å². The van der Waals surface area contributed by atoms with Crippen LogP contribution in [-0.4, -0.2) is 30.6 Å². The minimum Gasteiger partial charge on any atom is -0.329 e. The second-order valence-electron chi connectivity index (χ2n) is 5.66. The second-order valence-corrected chi connectivity index (χ2v) is 5.66. The van der Waals surface area contributed by atoms with E-state index < -0.39 is 0 Å². The second kappa shape index (κ2) is 5.31. The molecule has 2 N–H and O–H groups in total. The van der Waals surface area contributed by atoms with E-state index in [0.717, 1.165) is 18.4 Å². The van der Waals surface area contributed by atoms with Gasteiger partial charge in [0.25, 0.3) is 0 Å². The Morgan fingerprint density at radius 2 is 2.07 bits per heavy atom. The Morgan fingerprint density at radius 3 is 2.80 bits per heavy atom. The quantitative estimate of drug-likeness (QED) is 0.774. The van der Waals surface area contributed by atoms with Crippen LogP contribution in [0.5, 0.6) is 0 Å². The topological polar surface area (TPSA) is 29.3 Å². The number of hydrogen-bond donors (Lipinski definition) is 1. The van der Waals surface area contributed by atoms with Gasteiger partial charge in [-0.1, -0.05) is 19.8 Å². The maximum atomic E-state index is 5.81. The van der Waals surface area contributed by atoms with Crippen LogP contribution in [0, 0.1) is 11.8 Å². The Labute approximate surface area is 94.2 Å². The van der Waals surface area contributed by atoms with Gasteiger partial charge in [0.2, 0.25) is 0 Å². The molecule has 3 atom stereocenters. The van der Waals surface area contributed by atoms with Crippen LogP contribution in [0.15, 0.2) is 0 Å². The summed E-state index contributed by atoms with van der Waals surface area (Å²) in [5.41, 5.74) is 5.81. The molecule has 1 heterocycles. The molecule has 1 aliphatic heterocycles. The van der Waals surface area contributed by atoms with E-state index in [1.165, 1.54) is 51.6 Å². The molecule has 0 amide bonds. The van der Waals surface area contributed by atoms with Crippen LogP contribution in [0.4, 0.5) is 0 Å². The molecule has 0 bridgehead atoms. The first-order valence-electron chi connectivity index (χ1n) is 6.73. The Kier molecular flexibility index (Phi) is 4.04. The molecule has 2 rings (SSSR count). The van der Waals surface area contributed by atoms with E-state index in [-0.39, 0.29) is 0 Å². The highest BCUT2D eigenvalue weighted by atomic mass is 15.2. The molecule has 2 fully saturated rings. The summed E-state index contributed by atoms with van der Waals surface area (Å²) in [6.45, 7) is 5.90. The smallest absolute Gasteiger partial charge is 0.0219 e.